The van der Waals surface area contributed by atoms with E-state index in [4.69, 9.17) is 4.74 Å². The third-order valence-electron chi connectivity index (χ3n) is 1.71. The molecule has 52 valence electrons. The highest BCUT2D eigenvalue weighted by molar-refractivity contribution is 5.70. The topological polar surface area (TPSA) is 38.3 Å². The second kappa shape index (κ2) is 1.90. The molecule has 1 fully saturated rings. The van der Waals surface area contributed by atoms with E-state index in [1.54, 1.807) is 0 Å². The van der Waals surface area contributed by atoms with Crippen LogP contribution in [0.1, 0.15) is 20.3 Å². The summed E-state index contributed by atoms with van der Waals surface area (Å²) < 4.78 is 4.71. The van der Waals surface area contributed by atoms with Gasteiger partial charge in [0, 0.05) is 0 Å². The number of rotatable bonds is 1. The molecule has 0 radical (unpaired) electrons. The van der Waals surface area contributed by atoms with Crippen molar-refractivity contribution in [1.29, 1.82) is 0 Å². The first-order chi connectivity index (χ1) is 4.16. The fourth-order valence-corrected chi connectivity index (χ4v) is 0.734. The van der Waals surface area contributed by atoms with E-state index in [1.807, 2.05) is 13.8 Å². The first-order valence-electron chi connectivity index (χ1n) is 3.11. The Morgan fingerprint density at radius 2 is 2.56 bits per heavy atom. The molecule has 0 aromatic rings. The van der Waals surface area contributed by atoms with Crippen molar-refractivity contribution in [2.75, 3.05) is 6.61 Å². The highest BCUT2D eigenvalue weighted by atomic mass is 16.6. The van der Waals surface area contributed by atoms with E-state index >= 15 is 0 Å². The summed E-state index contributed by atoms with van der Waals surface area (Å²) in [5, 5.41) is 2.72. The van der Waals surface area contributed by atoms with Crippen LogP contribution in [0.2, 0.25) is 0 Å². The molecule has 3 heteroatoms. The number of nitrogens with one attached hydrogen (secondary N) is 1. The lowest BCUT2D eigenvalue weighted by atomic mass is 10.0. The predicted molar refractivity (Wildman–Crippen MR) is 33.2 cm³/mol. The number of hydrogen-bond donors (Lipinski definition) is 1. The maximum Gasteiger partial charge on any atom is 0.407 e. The SMILES string of the molecule is CC[C@@]1(C)COC(=O)N1. The molecule has 1 heterocycles. The highest BCUT2D eigenvalue weighted by Crippen LogP contribution is 2.14. The van der Waals surface area contributed by atoms with Gasteiger partial charge in [-0.15, -0.1) is 0 Å². The number of cyclic esters (lactones) is 1. The van der Waals surface area contributed by atoms with Crippen LogP contribution in [0, 0.1) is 0 Å². The molecule has 0 aromatic heterocycles. The lowest BCUT2D eigenvalue weighted by molar-refractivity contribution is 0.173. The quantitative estimate of drug-likeness (QED) is 0.571. The Balaban J connectivity index is 2.54. The predicted octanol–water partition coefficient (Wildman–Crippen LogP) is 0.895. The molecule has 1 aliphatic rings. The number of carbonyl (C=O) groups excluding carboxylic acids is 1. The van der Waals surface area contributed by atoms with Crippen LogP contribution >= 0.6 is 0 Å². The number of hydrogen-bond acceptors (Lipinski definition) is 2. The minimum absolute atomic E-state index is 0.114. The standard InChI is InChI=1S/C6H11NO2/c1-3-6(2)4-9-5(8)7-6/h3-4H2,1-2H3,(H,7,8)/t6-/m0/s1. The van der Waals surface area contributed by atoms with Gasteiger partial charge in [-0.2, -0.15) is 0 Å². The van der Waals surface area contributed by atoms with Gasteiger partial charge in [-0.25, -0.2) is 4.79 Å². The molecule has 1 rings (SSSR count). The van der Waals surface area contributed by atoms with Gasteiger partial charge < -0.3 is 10.1 Å². The summed E-state index contributed by atoms with van der Waals surface area (Å²) in [7, 11) is 0. The van der Waals surface area contributed by atoms with Crippen molar-refractivity contribution >= 4 is 6.09 Å². The second-order valence-corrected chi connectivity index (χ2v) is 2.62. The van der Waals surface area contributed by atoms with Gasteiger partial charge in [0.25, 0.3) is 0 Å². The summed E-state index contributed by atoms with van der Waals surface area (Å²) >= 11 is 0. The van der Waals surface area contributed by atoms with Crippen molar-refractivity contribution in [3.8, 4) is 0 Å². The summed E-state index contributed by atoms with van der Waals surface area (Å²) in [4.78, 5) is 10.5. The monoisotopic (exact) mass is 129 g/mol. The molecule has 0 aromatic carbocycles. The lowest BCUT2D eigenvalue weighted by Gasteiger charge is -2.16. The van der Waals surface area contributed by atoms with Crippen molar-refractivity contribution in [1.82, 2.24) is 5.32 Å². The normalized spacial score (nSPS) is 33.8. The molecule has 0 aliphatic carbocycles. The zero-order valence-electron chi connectivity index (χ0n) is 5.73. The Bertz CT molecular complexity index is 135. The number of alkyl carbamates (subject to hydrolysis) is 1. The van der Waals surface area contributed by atoms with E-state index in [9.17, 15) is 4.79 Å². The van der Waals surface area contributed by atoms with Gasteiger partial charge in [-0.05, 0) is 13.3 Å². The van der Waals surface area contributed by atoms with Crippen LogP contribution in [0.15, 0.2) is 0 Å². The molecule has 1 atom stereocenters. The number of carbonyl (C=O) groups is 1. The van der Waals surface area contributed by atoms with Gasteiger partial charge in [0.15, 0.2) is 0 Å². The Hall–Kier alpha value is -0.730. The van der Waals surface area contributed by atoms with E-state index in [0.29, 0.717) is 6.61 Å². The van der Waals surface area contributed by atoms with E-state index in [-0.39, 0.29) is 11.6 Å². The molecule has 0 bridgehead atoms. The van der Waals surface area contributed by atoms with Gasteiger partial charge in [-0.1, -0.05) is 6.92 Å². The summed E-state index contributed by atoms with van der Waals surface area (Å²) in [6.07, 6.45) is 0.623. The molecular weight excluding hydrogens is 118 g/mol. The zero-order chi connectivity index (χ0) is 6.91. The molecule has 0 spiro atoms. The zero-order valence-corrected chi connectivity index (χ0v) is 5.73. The average Bonchev–Trinajstić information content (AvgIpc) is 2.13. The molecule has 1 N–H and O–H groups in total. The van der Waals surface area contributed by atoms with Crippen molar-refractivity contribution in [2.45, 2.75) is 25.8 Å². The summed E-state index contributed by atoms with van der Waals surface area (Å²) in [6.45, 7) is 4.50. The maximum atomic E-state index is 10.5. The molecular formula is C6H11NO2. The Morgan fingerprint density at radius 1 is 1.89 bits per heavy atom. The second-order valence-electron chi connectivity index (χ2n) is 2.62. The van der Waals surface area contributed by atoms with Crippen molar-refractivity contribution < 1.29 is 9.53 Å². The first-order valence-corrected chi connectivity index (χ1v) is 3.11. The first kappa shape index (κ1) is 6.39. The van der Waals surface area contributed by atoms with Gasteiger partial charge >= 0.3 is 6.09 Å². The van der Waals surface area contributed by atoms with Crippen LogP contribution < -0.4 is 5.32 Å². The van der Waals surface area contributed by atoms with Crippen LogP contribution in [0.5, 0.6) is 0 Å². The van der Waals surface area contributed by atoms with Crippen LogP contribution in [0.25, 0.3) is 0 Å². The van der Waals surface area contributed by atoms with Gasteiger partial charge in [0.2, 0.25) is 0 Å². The van der Waals surface area contributed by atoms with Crippen LogP contribution in [-0.2, 0) is 4.74 Å². The molecule has 9 heavy (non-hydrogen) atoms. The third-order valence-corrected chi connectivity index (χ3v) is 1.71. The Morgan fingerprint density at radius 3 is 2.78 bits per heavy atom. The molecule has 0 unspecified atom stereocenters. The largest absolute Gasteiger partial charge is 0.447 e. The van der Waals surface area contributed by atoms with Crippen LogP contribution in [0.3, 0.4) is 0 Å². The fourth-order valence-electron chi connectivity index (χ4n) is 0.734. The molecule has 1 aliphatic heterocycles. The summed E-state index contributed by atoms with van der Waals surface area (Å²) in [5.41, 5.74) is -0.114. The highest BCUT2D eigenvalue weighted by Gasteiger charge is 2.32. The van der Waals surface area contributed by atoms with E-state index in [2.05, 4.69) is 5.32 Å². The number of amides is 1. The van der Waals surface area contributed by atoms with Crippen molar-refractivity contribution in [3.05, 3.63) is 0 Å². The molecule has 3 nitrogen and oxygen atoms in total. The Kier molecular flexibility index (Phi) is 1.35. The van der Waals surface area contributed by atoms with Crippen LogP contribution in [-0.4, -0.2) is 18.2 Å². The van der Waals surface area contributed by atoms with Crippen LogP contribution in [0.4, 0.5) is 4.79 Å². The summed E-state index contributed by atoms with van der Waals surface area (Å²) in [5.74, 6) is 0. The van der Waals surface area contributed by atoms with Crippen molar-refractivity contribution in [2.24, 2.45) is 0 Å². The van der Waals surface area contributed by atoms with Crippen molar-refractivity contribution in [3.63, 3.8) is 0 Å². The van der Waals surface area contributed by atoms with Gasteiger partial charge in [-0.3, -0.25) is 0 Å². The average molecular weight is 129 g/mol. The van der Waals surface area contributed by atoms with E-state index < -0.39 is 0 Å². The molecule has 1 saturated heterocycles. The maximum absolute atomic E-state index is 10.5. The van der Waals surface area contributed by atoms with Gasteiger partial charge in [0.1, 0.15) is 6.61 Å². The minimum Gasteiger partial charge on any atom is -0.447 e. The smallest absolute Gasteiger partial charge is 0.407 e. The Labute approximate surface area is 54.4 Å². The third kappa shape index (κ3) is 1.15. The lowest BCUT2D eigenvalue weighted by Crippen LogP contribution is -2.39. The molecule has 1 amide bonds. The molecule has 0 saturated carbocycles. The van der Waals surface area contributed by atoms with Gasteiger partial charge in [0.05, 0.1) is 5.54 Å². The fraction of sp³-hybridized carbons (Fsp3) is 0.833. The summed E-state index contributed by atoms with van der Waals surface area (Å²) in [6, 6.07) is 0. The minimum atomic E-state index is -0.292. The van der Waals surface area contributed by atoms with E-state index in [0.717, 1.165) is 6.42 Å². The number of ether oxygens (including phenoxy) is 1. The van der Waals surface area contributed by atoms with E-state index in [1.165, 1.54) is 0 Å².